The predicted molar refractivity (Wildman–Crippen MR) is 56.4 cm³/mol. The highest BCUT2D eigenvalue weighted by Crippen LogP contribution is 1.65. The molecule has 0 heterocycles. The molecule has 0 aromatic heterocycles. The highest BCUT2D eigenvalue weighted by molar-refractivity contribution is 8.59. The van der Waals surface area contributed by atoms with Crippen molar-refractivity contribution in [2.75, 3.05) is 0 Å². The third kappa shape index (κ3) is 12300. The normalized spacial score (nSPS) is 8.71. The summed E-state index contributed by atoms with van der Waals surface area (Å²) in [6, 6.07) is 0. The fourth-order valence-electron chi connectivity index (χ4n) is 0. The first-order valence-electron chi connectivity index (χ1n) is 1.60. The highest BCUT2D eigenvalue weighted by Gasteiger charge is 1.85. The summed E-state index contributed by atoms with van der Waals surface area (Å²) in [5, 5.41) is 0. The molecule has 0 saturated heterocycles. The summed E-state index contributed by atoms with van der Waals surface area (Å²) in [4.78, 5) is 0. The zero-order valence-corrected chi connectivity index (χ0v) is 9.97. The van der Waals surface area contributed by atoms with Gasteiger partial charge in [-0.1, -0.05) is 0 Å². The largest absolute Gasteiger partial charge is 0.394 e. The Labute approximate surface area is 91.6 Å². The van der Waals surface area contributed by atoms with Crippen LogP contribution in [0.25, 0.3) is 0 Å². The lowest BCUT2D eigenvalue weighted by Gasteiger charge is -1.68. The van der Waals surface area contributed by atoms with Gasteiger partial charge >= 0.3 is 20.8 Å². The van der Waals surface area contributed by atoms with E-state index in [-0.39, 0.29) is 12.3 Å². The van der Waals surface area contributed by atoms with Gasteiger partial charge in [0.2, 0.25) is 0 Å². The topological polar surface area (TPSA) is 219 Å². The van der Waals surface area contributed by atoms with Gasteiger partial charge in [-0.2, -0.15) is 16.8 Å². The van der Waals surface area contributed by atoms with E-state index in [1.54, 1.807) is 0 Å². The highest BCUT2D eigenvalue weighted by atomic mass is 33.1. The summed E-state index contributed by atoms with van der Waals surface area (Å²) in [6.07, 6.45) is 0. The lowest BCUT2D eigenvalue weighted by Crippen LogP contribution is -1.89. The minimum absolute atomic E-state index is 0. The van der Waals surface area contributed by atoms with E-state index in [9.17, 15) is 0 Å². The van der Waals surface area contributed by atoms with E-state index in [0.717, 1.165) is 0 Å². The Morgan fingerprint density at radius 2 is 0.643 bits per heavy atom. The maximum atomic E-state index is 8.74. The monoisotopic (exact) mass is 296 g/mol. The maximum Gasteiger partial charge on any atom is 0.394 e. The molecular formula is H12N2O8S4. The fraction of sp³-hybridized carbons (Fsp3) is 0. The fourth-order valence-corrected chi connectivity index (χ4v) is 0. The van der Waals surface area contributed by atoms with Crippen molar-refractivity contribution in [2.24, 2.45) is 0 Å². The van der Waals surface area contributed by atoms with Crippen molar-refractivity contribution in [1.82, 2.24) is 12.3 Å². The summed E-state index contributed by atoms with van der Waals surface area (Å²) >= 11 is 6.44. The minimum atomic E-state index is -4.67. The van der Waals surface area contributed by atoms with E-state index in [1.165, 1.54) is 0 Å². The molecule has 0 aliphatic heterocycles. The van der Waals surface area contributed by atoms with Crippen molar-refractivity contribution in [3.63, 3.8) is 0 Å². The molecule has 94 valence electrons. The molecule has 0 aliphatic rings. The number of hydrogen-bond acceptors (Lipinski definition) is 8. The van der Waals surface area contributed by atoms with Crippen LogP contribution in [0.2, 0.25) is 0 Å². The van der Waals surface area contributed by atoms with Gasteiger partial charge in [0, 0.05) is 0 Å². The summed E-state index contributed by atoms with van der Waals surface area (Å²) < 4.78 is 63.2. The third-order valence-electron chi connectivity index (χ3n) is 0. The molecular weight excluding hydrogens is 284 g/mol. The van der Waals surface area contributed by atoms with Gasteiger partial charge in [0.05, 0.1) is 0 Å². The molecule has 0 aliphatic carbocycles. The van der Waals surface area contributed by atoms with E-state index in [2.05, 4.69) is 23.3 Å². The minimum Gasteiger partial charge on any atom is -0.344 e. The zero-order chi connectivity index (χ0) is 11.0. The van der Waals surface area contributed by atoms with Gasteiger partial charge in [0.1, 0.15) is 0 Å². The summed E-state index contributed by atoms with van der Waals surface area (Å²) in [5.41, 5.74) is 0. The quantitative estimate of drug-likeness (QED) is 0.167. The van der Waals surface area contributed by atoms with Crippen LogP contribution >= 0.6 is 23.3 Å². The maximum absolute atomic E-state index is 8.74. The summed E-state index contributed by atoms with van der Waals surface area (Å²) in [7, 11) is -9.33. The molecule has 14 heteroatoms. The van der Waals surface area contributed by atoms with Crippen LogP contribution in [0.5, 0.6) is 0 Å². The molecule has 0 aromatic rings. The molecule has 0 spiro atoms. The lowest BCUT2D eigenvalue weighted by molar-refractivity contribution is 0.378. The Kier molecular flexibility index (Phi) is 27.9. The van der Waals surface area contributed by atoms with Crippen molar-refractivity contribution in [1.29, 1.82) is 0 Å². The molecule has 0 atom stereocenters. The van der Waals surface area contributed by atoms with Gasteiger partial charge in [0.15, 0.2) is 0 Å². The van der Waals surface area contributed by atoms with Crippen LogP contribution in [-0.4, -0.2) is 35.0 Å². The molecule has 10 nitrogen and oxygen atoms in total. The summed E-state index contributed by atoms with van der Waals surface area (Å²) in [5.74, 6) is 0. The molecule has 0 radical (unpaired) electrons. The van der Waals surface area contributed by atoms with Crippen LogP contribution in [0.1, 0.15) is 0 Å². The second kappa shape index (κ2) is 13.4. The molecule has 0 fully saturated rings. The average Bonchev–Trinajstić information content (AvgIpc) is 1.59. The SMILES string of the molecule is N.N.O=S(=O)(O)O.O=S(=O)(O)O.SS. The van der Waals surface area contributed by atoms with E-state index < -0.39 is 20.8 Å². The number of hydrogen-bond donors (Lipinski definition) is 8. The smallest absolute Gasteiger partial charge is 0.344 e. The first-order chi connectivity index (χ1) is 5.00. The Morgan fingerprint density at radius 1 is 0.643 bits per heavy atom. The van der Waals surface area contributed by atoms with E-state index in [4.69, 9.17) is 35.0 Å². The van der Waals surface area contributed by atoms with Crippen LogP contribution in [0.3, 0.4) is 0 Å². The van der Waals surface area contributed by atoms with Crippen molar-refractivity contribution in [3.05, 3.63) is 0 Å². The van der Waals surface area contributed by atoms with Gasteiger partial charge in [-0.25, -0.2) is 0 Å². The zero-order valence-electron chi connectivity index (χ0n) is 6.55. The molecule has 10 N–H and O–H groups in total. The number of thiol groups is 2. The second-order valence-corrected chi connectivity index (χ2v) is 2.69. The van der Waals surface area contributed by atoms with Crippen LogP contribution in [0, 0.1) is 0 Å². The van der Waals surface area contributed by atoms with Crippen LogP contribution < -0.4 is 12.3 Å². The van der Waals surface area contributed by atoms with Gasteiger partial charge in [-0.15, -0.1) is 23.3 Å². The molecule has 0 unspecified atom stereocenters. The van der Waals surface area contributed by atoms with E-state index in [1.807, 2.05) is 0 Å². The Hall–Kier alpha value is 0.360. The van der Waals surface area contributed by atoms with Crippen molar-refractivity contribution in [3.8, 4) is 0 Å². The third-order valence-corrected chi connectivity index (χ3v) is 0. The first kappa shape index (κ1) is 29.3. The molecule has 14 heavy (non-hydrogen) atoms. The Balaban J connectivity index is -0.0000000292. The van der Waals surface area contributed by atoms with Crippen LogP contribution in [0.15, 0.2) is 0 Å². The standard InChI is InChI=1S/2H3N.2H2O4S.H2S2/c;;2*1-5(2,3)4;1-2/h2*1H3;2*(H2,1,2,3,4);1-2H. The molecule has 0 saturated carbocycles. The second-order valence-electron chi connectivity index (χ2n) is 0.896. The van der Waals surface area contributed by atoms with Crippen molar-refractivity contribution in [2.45, 2.75) is 0 Å². The average molecular weight is 296 g/mol. The predicted octanol–water partition coefficient (Wildman–Crippen LogP) is -0.221. The molecule has 0 aromatic carbocycles. The summed E-state index contributed by atoms with van der Waals surface area (Å²) in [6.45, 7) is 0. The van der Waals surface area contributed by atoms with E-state index >= 15 is 0 Å². The van der Waals surface area contributed by atoms with Crippen molar-refractivity contribution >= 4 is 44.1 Å². The van der Waals surface area contributed by atoms with Gasteiger partial charge in [-0.3, -0.25) is 18.2 Å². The van der Waals surface area contributed by atoms with Gasteiger partial charge in [0.25, 0.3) is 0 Å². The van der Waals surface area contributed by atoms with Crippen LogP contribution in [0.4, 0.5) is 0 Å². The first-order valence-corrected chi connectivity index (χ1v) is 5.99. The van der Waals surface area contributed by atoms with Crippen molar-refractivity contribution < 1.29 is 35.0 Å². The van der Waals surface area contributed by atoms with Gasteiger partial charge < -0.3 is 12.3 Å². The molecule has 0 amide bonds. The molecule has 0 bridgehead atoms. The lowest BCUT2D eigenvalue weighted by atomic mass is 14.0. The van der Waals surface area contributed by atoms with Crippen LogP contribution in [-0.2, 0) is 20.8 Å². The van der Waals surface area contributed by atoms with Gasteiger partial charge in [-0.05, 0) is 0 Å². The molecule has 0 rings (SSSR count). The Morgan fingerprint density at radius 3 is 0.643 bits per heavy atom. The Bertz CT molecular complexity index is 216. The number of rotatable bonds is 0. The van der Waals surface area contributed by atoms with E-state index in [0.29, 0.717) is 0 Å².